The fraction of sp³-hybridized carbons (Fsp3) is 0.174. The zero-order valence-corrected chi connectivity index (χ0v) is 19.0. The summed E-state index contributed by atoms with van der Waals surface area (Å²) < 4.78 is 8.25. The summed E-state index contributed by atoms with van der Waals surface area (Å²) >= 11 is 4.89. The Hall–Kier alpha value is -2.64. The molecule has 2 aromatic heterocycles. The van der Waals surface area contributed by atoms with Gasteiger partial charge in [0.2, 0.25) is 0 Å². The van der Waals surface area contributed by atoms with Crippen molar-refractivity contribution >= 4 is 44.7 Å². The Labute approximate surface area is 187 Å². The van der Waals surface area contributed by atoms with Crippen molar-refractivity contribution in [1.82, 2.24) is 14.5 Å². The van der Waals surface area contributed by atoms with Gasteiger partial charge in [0, 0.05) is 21.9 Å². The number of nitrogens with zero attached hydrogens (tertiary/aromatic N) is 3. The molecule has 2 aromatic carbocycles. The van der Waals surface area contributed by atoms with Gasteiger partial charge in [0.05, 0.1) is 12.0 Å². The molecular formula is C23H20BrN3O2S. The van der Waals surface area contributed by atoms with E-state index in [4.69, 9.17) is 4.74 Å². The van der Waals surface area contributed by atoms with Crippen LogP contribution in [0.3, 0.4) is 0 Å². The molecule has 7 heteroatoms. The van der Waals surface area contributed by atoms with Gasteiger partial charge in [0.1, 0.15) is 22.3 Å². The molecule has 0 bridgehead atoms. The van der Waals surface area contributed by atoms with E-state index in [1.54, 1.807) is 6.33 Å². The number of hydrogen-bond acceptors (Lipinski definition) is 5. The highest BCUT2D eigenvalue weighted by molar-refractivity contribution is 9.10. The molecule has 4 aromatic rings. The van der Waals surface area contributed by atoms with Gasteiger partial charge in [-0.05, 0) is 43.7 Å². The largest absolute Gasteiger partial charge is 0.465 e. The summed E-state index contributed by atoms with van der Waals surface area (Å²) in [5, 5.41) is 1.31. The lowest BCUT2D eigenvalue weighted by Crippen LogP contribution is -2.16. The Morgan fingerprint density at radius 1 is 1.13 bits per heavy atom. The fourth-order valence-electron chi connectivity index (χ4n) is 3.23. The number of carbonyl (C=O) groups is 1. The first-order valence-corrected chi connectivity index (χ1v) is 11.3. The van der Waals surface area contributed by atoms with Crippen molar-refractivity contribution in [2.24, 2.45) is 0 Å². The lowest BCUT2D eigenvalue weighted by molar-refractivity contribution is -0.142. The Bertz CT molecular complexity index is 1180. The Morgan fingerprint density at radius 3 is 2.57 bits per heavy atom. The second kappa shape index (κ2) is 9.02. The van der Waals surface area contributed by atoms with E-state index < -0.39 is 0 Å². The molecule has 0 amide bonds. The average Bonchev–Trinajstić information content (AvgIpc) is 3.16. The molecule has 152 valence electrons. The quantitative estimate of drug-likeness (QED) is 0.195. The van der Waals surface area contributed by atoms with E-state index >= 15 is 0 Å². The Balaban J connectivity index is 1.89. The predicted octanol–water partition coefficient (Wildman–Crippen LogP) is 5.89. The number of halogens is 1. The van der Waals surface area contributed by atoms with E-state index in [9.17, 15) is 4.79 Å². The van der Waals surface area contributed by atoms with E-state index in [2.05, 4.69) is 48.8 Å². The van der Waals surface area contributed by atoms with Crippen LogP contribution in [0.1, 0.15) is 13.8 Å². The second-order valence-electron chi connectivity index (χ2n) is 6.64. The Kier molecular flexibility index (Phi) is 6.20. The minimum absolute atomic E-state index is 0.247. The van der Waals surface area contributed by atoms with Crippen LogP contribution in [0.25, 0.3) is 27.8 Å². The third kappa shape index (κ3) is 4.13. The predicted molar refractivity (Wildman–Crippen MR) is 124 cm³/mol. The molecule has 0 radical (unpaired) electrons. The van der Waals surface area contributed by atoms with Crippen LogP contribution in [0.4, 0.5) is 0 Å². The molecule has 0 aliphatic carbocycles. The molecule has 0 fully saturated rings. The van der Waals surface area contributed by atoms with E-state index in [1.165, 1.54) is 11.8 Å². The molecule has 0 spiro atoms. The summed E-state index contributed by atoms with van der Waals surface area (Å²) in [5.41, 5.74) is 3.88. The van der Waals surface area contributed by atoms with Crippen molar-refractivity contribution < 1.29 is 9.53 Å². The van der Waals surface area contributed by atoms with Gasteiger partial charge in [-0.15, -0.1) is 0 Å². The van der Waals surface area contributed by atoms with Crippen LogP contribution in [-0.2, 0) is 9.53 Å². The standard InChI is InChI=1S/C23H20BrN3O2S/c1-3-29-23(28)15(2)30-22-20-19(16-7-5-4-6-8-16)13-27(21(20)25-14-26-22)18-11-9-17(24)10-12-18/h4-15H,3H2,1-2H3/t15-/m1/s1. The molecule has 0 aliphatic rings. The summed E-state index contributed by atoms with van der Waals surface area (Å²) in [6.07, 6.45) is 3.63. The van der Waals surface area contributed by atoms with Gasteiger partial charge in [0.15, 0.2) is 0 Å². The summed E-state index contributed by atoms with van der Waals surface area (Å²) in [7, 11) is 0. The van der Waals surface area contributed by atoms with E-state index in [1.807, 2.05) is 56.3 Å². The van der Waals surface area contributed by atoms with Crippen molar-refractivity contribution in [3.63, 3.8) is 0 Å². The average molecular weight is 482 g/mol. The molecule has 30 heavy (non-hydrogen) atoms. The third-order valence-electron chi connectivity index (χ3n) is 4.64. The van der Waals surface area contributed by atoms with Gasteiger partial charge in [-0.3, -0.25) is 4.79 Å². The maximum absolute atomic E-state index is 12.2. The first kappa shape index (κ1) is 20.6. The number of fused-ring (bicyclic) bond motifs is 1. The van der Waals surface area contributed by atoms with Gasteiger partial charge in [-0.1, -0.05) is 58.0 Å². The smallest absolute Gasteiger partial charge is 0.319 e. The van der Waals surface area contributed by atoms with Crippen molar-refractivity contribution in [2.45, 2.75) is 24.1 Å². The van der Waals surface area contributed by atoms with Crippen LogP contribution in [0.2, 0.25) is 0 Å². The molecule has 1 atom stereocenters. The number of carbonyl (C=O) groups excluding carboxylic acids is 1. The van der Waals surface area contributed by atoms with Gasteiger partial charge >= 0.3 is 5.97 Å². The normalized spacial score (nSPS) is 12.1. The molecule has 0 saturated carbocycles. The highest BCUT2D eigenvalue weighted by atomic mass is 79.9. The molecule has 0 saturated heterocycles. The molecule has 2 heterocycles. The molecule has 0 N–H and O–H groups in total. The van der Waals surface area contributed by atoms with Crippen LogP contribution < -0.4 is 0 Å². The van der Waals surface area contributed by atoms with Gasteiger partial charge < -0.3 is 9.30 Å². The number of ether oxygens (including phenoxy) is 1. The van der Waals surface area contributed by atoms with E-state index in [-0.39, 0.29) is 11.2 Å². The van der Waals surface area contributed by atoms with E-state index in [0.29, 0.717) is 6.61 Å². The first-order valence-electron chi connectivity index (χ1n) is 9.59. The van der Waals surface area contributed by atoms with Crippen molar-refractivity contribution in [2.75, 3.05) is 6.61 Å². The summed E-state index contributed by atoms with van der Waals surface area (Å²) in [6, 6.07) is 18.2. The van der Waals surface area contributed by atoms with Crippen molar-refractivity contribution in [3.8, 4) is 16.8 Å². The number of thioether (sulfide) groups is 1. The number of esters is 1. The summed E-state index contributed by atoms with van der Waals surface area (Å²) in [6.45, 7) is 4.01. The number of benzene rings is 2. The van der Waals surface area contributed by atoms with Crippen LogP contribution in [-0.4, -0.2) is 32.4 Å². The van der Waals surface area contributed by atoms with Crippen molar-refractivity contribution in [3.05, 3.63) is 71.6 Å². The molecule has 5 nitrogen and oxygen atoms in total. The highest BCUT2D eigenvalue weighted by Gasteiger charge is 2.22. The third-order valence-corrected chi connectivity index (χ3v) is 6.25. The zero-order chi connectivity index (χ0) is 21.1. The maximum atomic E-state index is 12.2. The van der Waals surface area contributed by atoms with Crippen LogP contribution in [0, 0.1) is 0 Å². The topological polar surface area (TPSA) is 57.0 Å². The Morgan fingerprint density at radius 2 is 1.87 bits per heavy atom. The first-order chi connectivity index (χ1) is 14.6. The minimum atomic E-state index is -0.372. The second-order valence-corrected chi connectivity index (χ2v) is 8.89. The molecule has 0 aliphatic heterocycles. The summed E-state index contributed by atoms with van der Waals surface area (Å²) in [5.74, 6) is -0.247. The molecule has 0 unspecified atom stereocenters. The van der Waals surface area contributed by atoms with Crippen LogP contribution in [0.15, 0.2) is 76.6 Å². The van der Waals surface area contributed by atoms with Crippen LogP contribution in [0.5, 0.6) is 0 Å². The lowest BCUT2D eigenvalue weighted by Gasteiger charge is -2.11. The van der Waals surface area contributed by atoms with Gasteiger partial charge in [-0.2, -0.15) is 0 Å². The number of rotatable bonds is 6. The fourth-order valence-corrected chi connectivity index (χ4v) is 4.42. The van der Waals surface area contributed by atoms with Gasteiger partial charge in [-0.25, -0.2) is 9.97 Å². The number of hydrogen-bond donors (Lipinski definition) is 0. The van der Waals surface area contributed by atoms with Gasteiger partial charge in [0.25, 0.3) is 0 Å². The zero-order valence-electron chi connectivity index (χ0n) is 16.6. The molecule has 4 rings (SSSR count). The van der Waals surface area contributed by atoms with Crippen molar-refractivity contribution in [1.29, 1.82) is 0 Å². The monoisotopic (exact) mass is 481 g/mol. The lowest BCUT2D eigenvalue weighted by atomic mass is 10.1. The minimum Gasteiger partial charge on any atom is -0.465 e. The maximum Gasteiger partial charge on any atom is 0.319 e. The summed E-state index contributed by atoms with van der Waals surface area (Å²) in [4.78, 5) is 21.3. The van der Waals surface area contributed by atoms with Crippen LogP contribution >= 0.6 is 27.7 Å². The van der Waals surface area contributed by atoms with E-state index in [0.717, 1.165) is 37.3 Å². The SMILES string of the molecule is CCOC(=O)[C@@H](C)Sc1ncnc2c1c(-c1ccccc1)cn2-c1ccc(Br)cc1. The number of aromatic nitrogens is 3. The highest BCUT2D eigenvalue weighted by Crippen LogP contribution is 2.38. The molecular weight excluding hydrogens is 462 g/mol.